The fraction of sp³-hybridized carbons (Fsp3) is 0.692. The predicted molar refractivity (Wildman–Crippen MR) is 76.6 cm³/mol. The number of nitrogens with zero attached hydrogens (tertiary/aromatic N) is 1. The third-order valence-corrected chi connectivity index (χ3v) is 6.93. The van der Waals surface area contributed by atoms with E-state index in [2.05, 4.69) is 13.8 Å². The van der Waals surface area contributed by atoms with Crippen LogP contribution in [0.4, 0.5) is 0 Å². The lowest BCUT2D eigenvalue weighted by atomic mass is 9.87. The van der Waals surface area contributed by atoms with Crippen LogP contribution in [0.25, 0.3) is 0 Å². The zero-order valence-electron chi connectivity index (χ0n) is 11.4. The minimum absolute atomic E-state index is 0.214. The monoisotopic (exact) mass is 303 g/mol. The third-order valence-electron chi connectivity index (χ3n) is 3.91. The van der Waals surface area contributed by atoms with Crippen molar-refractivity contribution in [1.82, 2.24) is 4.31 Å². The Hall–Kier alpha value is -0.430. The molecule has 1 aliphatic heterocycles. The van der Waals surface area contributed by atoms with Gasteiger partial charge < -0.3 is 5.11 Å². The largest absolute Gasteiger partial charge is 0.391 e. The van der Waals surface area contributed by atoms with Gasteiger partial charge in [-0.05, 0) is 36.1 Å². The van der Waals surface area contributed by atoms with Crippen LogP contribution >= 0.6 is 11.3 Å². The highest BCUT2D eigenvalue weighted by molar-refractivity contribution is 7.89. The van der Waals surface area contributed by atoms with E-state index in [0.29, 0.717) is 29.8 Å². The van der Waals surface area contributed by atoms with Gasteiger partial charge in [0.25, 0.3) is 0 Å². The standard InChI is InChI=1S/C13H21NO3S2/c1-10(2)11-3-6-14(7-4-11)19(16,17)13-5-8-18-12(13)9-15/h5,8,10-11,15H,3-4,6-7,9H2,1-2H3. The van der Waals surface area contributed by atoms with Crippen molar-refractivity contribution in [2.24, 2.45) is 11.8 Å². The van der Waals surface area contributed by atoms with Crippen LogP contribution in [0.2, 0.25) is 0 Å². The molecule has 2 rings (SSSR count). The first-order valence-electron chi connectivity index (χ1n) is 6.64. The smallest absolute Gasteiger partial charge is 0.244 e. The van der Waals surface area contributed by atoms with Crippen molar-refractivity contribution in [2.45, 2.75) is 38.2 Å². The van der Waals surface area contributed by atoms with Gasteiger partial charge in [-0.2, -0.15) is 4.31 Å². The lowest BCUT2D eigenvalue weighted by molar-refractivity contribution is 0.226. The molecule has 1 fully saturated rings. The number of hydrogen-bond donors (Lipinski definition) is 1. The first-order chi connectivity index (χ1) is 8.96. The molecule has 0 unspecified atom stereocenters. The summed E-state index contributed by atoms with van der Waals surface area (Å²) in [6, 6.07) is 1.60. The summed E-state index contributed by atoms with van der Waals surface area (Å²) in [5.74, 6) is 1.23. The van der Waals surface area contributed by atoms with Gasteiger partial charge >= 0.3 is 0 Å². The second-order valence-corrected chi connectivity index (χ2v) is 8.26. The molecule has 19 heavy (non-hydrogen) atoms. The molecule has 0 aliphatic carbocycles. The average molecular weight is 303 g/mol. The molecule has 0 spiro atoms. The maximum atomic E-state index is 12.5. The Morgan fingerprint density at radius 1 is 1.42 bits per heavy atom. The normalized spacial score (nSPS) is 19.2. The topological polar surface area (TPSA) is 57.6 Å². The molecule has 1 aromatic rings. The van der Waals surface area contributed by atoms with E-state index in [1.54, 1.807) is 15.8 Å². The molecular weight excluding hydrogens is 282 g/mol. The van der Waals surface area contributed by atoms with Crippen LogP contribution in [0.1, 0.15) is 31.6 Å². The molecule has 0 amide bonds. The molecule has 1 aliphatic rings. The molecule has 0 aromatic carbocycles. The number of hydrogen-bond acceptors (Lipinski definition) is 4. The highest BCUT2D eigenvalue weighted by atomic mass is 32.2. The molecule has 0 atom stereocenters. The average Bonchev–Trinajstić information content (AvgIpc) is 2.87. The minimum atomic E-state index is -3.43. The molecule has 1 aromatic heterocycles. The Morgan fingerprint density at radius 2 is 2.05 bits per heavy atom. The summed E-state index contributed by atoms with van der Waals surface area (Å²) >= 11 is 1.29. The molecular formula is C13H21NO3S2. The summed E-state index contributed by atoms with van der Waals surface area (Å²) in [4.78, 5) is 0.814. The van der Waals surface area contributed by atoms with Crippen LogP contribution in [-0.2, 0) is 16.6 Å². The van der Waals surface area contributed by atoms with Crippen LogP contribution in [0.5, 0.6) is 0 Å². The van der Waals surface area contributed by atoms with E-state index in [4.69, 9.17) is 0 Å². The van der Waals surface area contributed by atoms with Crippen LogP contribution in [0.15, 0.2) is 16.3 Å². The van der Waals surface area contributed by atoms with Crippen molar-refractivity contribution < 1.29 is 13.5 Å². The first-order valence-corrected chi connectivity index (χ1v) is 8.96. The van der Waals surface area contributed by atoms with Gasteiger partial charge in [0.15, 0.2) is 0 Å². The van der Waals surface area contributed by atoms with Gasteiger partial charge in [0.05, 0.1) is 11.5 Å². The fourth-order valence-corrected chi connectivity index (χ4v) is 5.33. The molecule has 0 bridgehead atoms. The van der Waals surface area contributed by atoms with Crippen molar-refractivity contribution in [1.29, 1.82) is 0 Å². The Kier molecular flexibility index (Phi) is 4.66. The van der Waals surface area contributed by atoms with Gasteiger partial charge in [-0.25, -0.2) is 8.42 Å². The maximum absolute atomic E-state index is 12.5. The molecule has 0 saturated carbocycles. The minimum Gasteiger partial charge on any atom is -0.391 e. The summed E-state index contributed by atoms with van der Waals surface area (Å²) in [5.41, 5.74) is 0. The fourth-order valence-electron chi connectivity index (χ4n) is 2.60. The number of thiophene rings is 1. The lowest BCUT2D eigenvalue weighted by Gasteiger charge is -2.33. The second kappa shape index (κ2) is 5.91. The van der Waals surface area contributed by atoms with Gasteiger partial charge in [-0.1, -0.05) is 13.8 Å². The number of rotatable bonds is 4. The molecule has 1 saturated heterocycles. The Bertz CT molecular complexity index is 514. The van der Waals surface area contributed by atoms with Crippen molar-refractivity contribution >= 4 is 21.4 Å². The predicted octanol–water partition coefficient (Wildman–Crippen LogP) is 2.30. The quantitative estimate of drug-likeness (QED) is 0.928. The van der Waals surface area contributed by atoms with Gasteiger partial charge in [0.1, 0.15) is 0 Å². The van der Waals surface area contributed by atoms with Crippen molar-refractivity contribution in [3.8, 4) is 0 Å². The SMILES string of the molecule is CC(C)C1CCN(S(=O)(=O)c2ccsc2CO)CC1. The van der Waals surface area contributed by atoms with Crippen molar-refractivity contribution in [2.75, 3.05) is 13.1 Å². The van der Waals surface area contributed by atoms with E-state index in [1.807, 2.05) is 0 Å². The number of aliphatic hydroxyl groups is 1. The Labute approximate surface area is 119 Å². The van der Waals surface area contributed by atoms with E-state index in [1.165, 1.54) is 11.3 Å². The summed E-state index contributed by atoms with van der Waals surface area (Å²) in [5, 5.41) is 10.9. The summed E-state index contributed by atoms with van der Waals surface area (Å²) in [7, 11) is -3.43. The van der Waals surface area contributed by atoms with Crippen LogP contribution < -0.4 is 0 Å². The van der Waals surface area contributed by atoms with E-state index in [0.717, 1.165) is 12.8 Å². The van der Waals surface area contributed by atoms with Crippen LogP contribution in [-0.4, -0.2) is 30.9 Å². The summed E-state index contributed by atoms with van der Waals surface area (Å²) in [6.07, 6.45) is 1.85. The number of sulfonamides is 1. The molecule has 2 heterocycles. The van der Waals surface area contributed by atoms with E-state index in [9.17, 15) is 13.5 Å². The molecule has 1 N–H and O–H groups in total. The van der Waals surface area contributed by atoms with E-state index < -0.39 is 10.0 Å². The van der Waals surface area contributed by atoms with Gasteiger partial charge in [-0.15, -0.1) is 11.3 Å². The Morgan fingerprint density at radius 3 is 2.58 bits per heavy atom. The lowest BCUT2D eigenvalue weighted by Crippen LogP contribution is -2.39. The molecule has 6 heteroatoms. The van der Waals surface area contributed by atoms with Crippen LogP contribution in [0, 0.1) is 11.8 Å². The Balaban J connectivity index is 2.14. The maximum Gasteiger partial charge on any atom is 0.244 e. The molecule has 4 nitrogen and oxygen atoms in total. The number of piperidine rings is 1. The summed E-state index contributed by atoms with van der Waals surface area (Å²) in [6.45, 7) is 5.35. The van der Waals surface area contributed by atoms with E-state index in [-0.39, 0.29) is 11.5 Å². The third kappa shape index (κ3) is 3.02. The van der Waals surface area contributed by atoms with Gasteiger partial charge in [0, 0.05) is 18.0 Å². The van der Waals surface area contributed by atoms with Crippen molar-refractivity contribution in [3.05, 3.63) is 16.3 Å². The molecule has 0 radical (unpaired) electrons. The van der Waals surface area contributed by atoms with E-state index >= 15 is 0 Å². The highest BCUT2D eigenvalue weighted by Gasteiger charge is 2.31. The van der Waals surface area contributed by atoms with Crippen molar-refractivity contribution in [3.63, 3.8) is 0 Å². The molecule has 108 valence electrons. The highest BCUT2D eigenvalue weighted by Crippen LogP contribution is 2.30. The second-order valence-electron chi connectivity index (χ2n) is 5.35. The van der Waals surface area contributed by atoms with Gasteiger partial charge in [-0.3, -0.25) is 0 Å². The summed E-state index contributed by atoms with van der Waals surface area (Å²) < 4.78 is 26.6. The number of aliphatic hydroxyl groups excluding tert-OH is 1. The van der Waals surface area contributed by atoms with Crippen LogP contribution in [0.3, 0.4) is 0 Å². The van der Waals surface area contributed by atoms with Gasteiger partial charge in [0.2, 0.25) is 10.0 Å². The zero-order chi connectivity index (χ0) is 14.0. The zero-order valence-corrected chi connectivity index (χ0v) is 13.0. The first kappa shape index (κ1) is 15.0.